The van der Waals surface area contributed by atoms with Crippen molar-refractivity contribution in [1.29, 1.82) is 0 Å². The lowest BCUT2D eigenvalue weighted by molar-refractivity contribution is 0.102. The molecular formula is C18H16O3. The minimum atomic E-state index is 0.0585. The van der Waals surface area contributed by atoms with Gasteiger partial charge < -0.3 is 9.84 Å². The molecular weight excluding hydrogens is 264 g/mol. The van der Waals surface area contributed by atoms with Crippen molar-refractivity contribution in [3.63, 3.8) is 0 Å². The van der Waals surface area contributed by atoms with Gasteiger partial charge in [-0.25, -0.2) is 0 Å². The van der Waals surface area contributed by atoms with Gasteiger partial charge in [-0.3, -0.25) is 4.79 Å². The van der Waals surface area contributed by atoms with Crippen LogP contribution in [0.3, 0.4) is 0 Å². The fourth-order valence-corrected chi connectivity index (χ4v) is 2.58. The molecule has 0 heterocycles. The van der Waals surface area contributed by atoms with E-state index in [4.69, 9.17) is 4.74 Å². The van der Waals surface area contributed by atoms with Crippen molar-refractivity contribution in [2.75, 3.05) is 7.11 Å². The Morgan fingerprint density at radius 2 is 1.86 bits per heavy atom. The number of ketones is 1. The van der Waals surface area contributed by atoms with Gasteiger partial charge in [0.25, 0.3) is 0 Å². The van der Waals surface area contributed by atoms with Gasteiger partial charge in [-0.15, -0.1) is 0 Å². The molecule has 1 aliphatic carbocycles. The van der Waals surface area contributed by atoms with Gasteiger partial charge in [0.15, 0.2) is 5.78 Å². The van der Waals surface area contributed by atoms with Crippen LogP contribution >= 0.6 is 0 Å². The molecule has 0 aromatic heterocycles. The van der Waals surface area contributed by atoms with Crippen LogP contribution in [0.5, 0.6) is 11.5 Å². The lowest BCUT2D eigenvalue weighted by Crippen LogP contribution is -2.14. The minimum Gasteiger partial charge on any atom is -0.508 e. The van der Waals surface area contributed by atoms with Crippen LogP contribution in [0.4, 0.5) is 0 Å². The Morgan fingerprint density at radius 1 is 1.10 bits per heavy atom. The highest BCUT2D eigenvalue weighted by molar-refractivity contribution is 6.13. The molecule has 0 spiro atoms. The topological polar surface area (TPSA) is 46.5 Å². The van der Waals surface area contributed by atoms with Crippen molar-refractivity contribution in [3.8, 4) is 11.5 Å². The highest BCUT2D eigenvalue weighted by Crippen LogP contribution is 2.29. The van der Waals surface area contributed by atoms with Gasteiger partial charge in [0.2, 0.25) is 0 Å². The number of benzene rings is 2. The fourth-order valence-electron chi connectivity index (χ4n) is 2.58. The minimum absolute atomic E-state index is 0.0585. The highest BCUT2D eigenvalue weighted by Gasteiger charge is 2.22. The van der Waals surface area contributed by atoms with E-state index in [9.17, 15) is 9.90 Å². The zero-order valence-corrected chi connectivity index (χ0v) is 11.8. The maximum absolute atomic E-state index is 12.6. The average Bonchev–Trinajstić information content (AvgIpc) is 2.52. The standard InChI is InChI=1S/C18H16O3/c1-21-16-9-6-13-4-5-14(18(20)17(13)11-16)10-12-2-7-15(19)8-3-12/h2-3,6-11,19H,4-5H2,1H3/b14-10+. The van der Waals surface area contributed by atoms with Gasteiger partial charge in [0, 0.05) is 11.1 Å². The summed E-state index contributed by atoms with van der Waals surface area (Å²) in [7, 11) is 1.60. The van der Waals surface area contributed by atoms with Crippen LogP contribution in [0.1, 0.15) is 27.9 Å². The summed E-state index contributed by atoms with van der Waals surface area (Å²) in [6.45, 7) is 0. The molecule has 0 saturated carbocycles. The first-order chi connectivity index (χ1) is 10.2. The molecule has 0 atom stereocenters. The molecule has 3 nitrogen and oxygen atoms in total. The molecule has 0 radical (unpaired) electrons. The number of hydrogen-bond donors (Lipinski definition) is 1. The second kappa shape index (κ2) is 5.44. The maximum Gasteiger partial charge on any atom is 0.189 e. The largest absolute Gasteiger partial charge is 0.508 e. The number of hydrogen-bond acceptors (Lipinski definition) is 3. The number of phenolic OH excluding ortho intramolecular Hbond substituents is 1. The average molecular weight is 280 g/mol. The van der Waals surface area contributed by atoms with Crippen molar-refractivity contribution in [1.82, 2.24) is 0 Å². The molecule has 0 saturated heterocycles. The Balaban J connectivity index is 1.96. The van der Waals surface area contributed by atoms with Crippen LogP contribution in [0.15, 0.2) is 48.0 Å². The predicted octanol–water partition coefficient (Wildman–Crippen LogP) is 3.61. The van der Waals surface area contributed by atoms with Crippen molar-refractivity contribution in [2.45, 2.75) is 12.8 Å². The van der Waals surface area contributed by atoms with E-state index in [2.05, 4.69) is 0 Å². The smallest absolute Gasteiger partial charge is 0.189 e. The first-order valence-corrected chi connectivity index (χ1v) is 6.88. The molecule has 1 N–H and O–H groups in total. The molecule has 106 valence electrons. The number of carbonyl (C=O) groups is 1. The number of phenols is 1. The summed E-state index contributed by atoms with van der Waals surface area (Å²) in [6.07, 6.45) is 3.48. The van der Waals surface area contributed by atoms with Gasteiger partial charge in [-0.2, -0.15) is 0 Å². The Morgan fingerprint density at radius 3 is 2.57 bits per heavy atom. The zero-order chi connectivity index (χ0) is 14.8. The van der Waals surface area contributed by atoms with E-state index in [-0.39, 0.29) is 11.5 Å². The molecule has 2 aromatic carbocycles. The van der Waals surface area contributed by atoms with E-state index < -0.39 is 0 Å². The van der Waals surface area contributed by atoms with E-state index in [1.54, 1.807) is 31.4 Å². The quantitative estimate of drug-likeness (QED) is 0.855. The molecule has 0 bridgehead atoms. The normalized spacial score (nSPS) is 15.9. The van der Waals surface area contributed by atoms with Crippen LogP contribution < -0.4 is 4.74 Å². The van der Waals surface area contributed by atoms with Crippen LogP contribution in [-0.2, 0) is 6.42 Å². The van der Waals surface area contributed by atoms with E-state index >= 15 is 0 Å². The number of aromatic hydroxyl groups is 1. The number of aryl methyl sites for hydroxylation is 1. The van der Waals surface area contributed by atoms with Gasteiger partial charge >= 0.3 is 0 Å². The fraction of sp³-hybridized carbons (Fsp3) is 0.167. The Kier molecular flexibility index (Phi) is 3.48. The van der Waals surface area contributed by atoms with Crippen molar-refractivity contribution in [3.05, 3.63) is 64.7 Å². The van der Waals surface area contributed by atoms with Gasteiger partial charge in [0.05, 0.1) is 7.11 Å². The van der Waals surface area contributed by atoms with Crippen LogP contribution in [0.2, 0.25) is 0 Å². The summed E-state index contributed by atoms with van der Waals surface area (Å²) in [4.78, 5) is 12.6. The number of methoxy groups -OCH3 is 1. The van der Waals surface area contributed by atoms with E-state index in [1.807, 2.05) is 24.3 Å². The number of ether oxygens (including phenoxy) is 1. The van der Waals surface area contributed by atoms with Crippen molar-refractivity contribution >= 4 is 11.9 Å². The van der Waals surface area contributed by atoms with Crippen molar-refractivity contribution in [2.24, 2.45) is 0 Å². The predicted molar refractivity (Wildman–Crippen MR) is 81.7 cm³/mol. The lowest BCUT2D eigenvalue weighted by Gasteiger charge is -2.18. The number of fused-ring (bicyclic) bond motifs is 1. The summed E-state index contributed by atoms with van der Waals surface area (Å²) in [6, 6.07) is 12.5. The van der Waals surface area contributed by atoms with E-state index in [0.717, 1.165) is 35.1 Å². The maximum atomic E-state index is 12.6. The molecule has 1 aliphatic rings. The summed E-state index contributed by atoms with van der Waals surface area (Å²) in [5.41, 5.74) is 3.51. The molecule has 21 heavy (non-hydrogen) atoms. The Bertz CT molecular complexity index is 712. The SMILES string of the molecule is COc1ccc2c(c1)C(=O)/C(=C/c1ccc(O)cc1)CC2. The van der Waals surface area contributed by atoms with Crippen molar-refractivity contribution < 1.29 is 14.6 Å². The van der Waals surface area contributed by atoms with Gasteiger partial charge in [-0.1, -0.05) is 18.2 Å². The first-order valence-electron chi connectivity index (χ1n) is 6.88. The number of rotatable bonds is 2. The summed E-state index contributed by atoms with van der Waals surface area (Å²) >= 11 is 0. The number of Topliss-reactive ketones (excluding diaryl/α,β-unsaturated/α-hetero) is 1. The van der Waals surface area contributed by atoms with Gasteiger partial charge in [0.1, 0.15) is 11.5 Å². The molecule has 2 aromatic rings. The highest BCUT2D eigenvalue weighted by atomic mass is 16.5. The molecule has 0 fully saturated rings. The second-order valence-corrected chi connectivity index (χ2v) is 5.11. The molecule has 0 aliphatic heterocycles. The van der Waals surface area contributed by atoms with Crippen LogP contribution in [-0.4, -0.2) is 18.0 Å². The molecule has 0 amide bonds. The van der Waals surface area contributed by atoms with E-state index in [0.29, 0.717) is 5.75 Å². The third kappa shape index (κ3) is 2.68. The summed E-state index contributed by atoms with van der Waals surface area (Å²) in [5, 5.41) is 9.30. The second-order valence-electron chi connectivity index (χ2n) is 5.11. The van der Waals surface area contributed by atoms with Gasteiger partial charge in [-0.05, 0) is 54.3 Å². The monoisotopic (exact) mass is 280 g/mol. The summed E-state index contributed by atoms with van der Waals surface area (Å²) in [5.74, 6) is 0.985. The Labute approximate surface area is 123 Å². The van der Waals surface area contributed by atoms with E-state index in [1.165, 1.54) is 0 Å². The molecule has 3 rings (SSSR count). The molecule has 3 heteroatoms. The van der Waals surface area contributed by atoms with Crippen LogP contribution in [0, 0.1) is 0 Å². The Hall–Kier alpha value is -2.55. The first kappa shape index (κ1) is 13.4. The molecule has 0 unspecified atom stereocenters. The van der Waals surface area contributed by atoms with Crippen LogP contribution in [0.25, 0.3) is 6.08 Å². The summed E-state index contributed by atoms with van der Waals surface area (Å²) < 4.78 is 5.20. The third-order valence-corrected chi connectivity index (χ3v) is 3.75. The third-order valence-electron chi connectivity index (χ3n) is 3.75. The zero-order valence-electron chi connectivity index (χ0n) is 11.8. The number of allylic oxidation sites excluding steroid dienone is 1. The number of carbonyl (C=O) groups excluding carboxylic acids is 1. The lowest BCUT2D eigenvalue weighted by atomic mass is 9.86.